The Balaban J connectivity index is 1.69. The Morgan fingerprint density at radius 1 is 1.50 bits per heavy atom. The van der Waals surface area contributed by atoms with E-state index in [1.165, 1.54) is 0 Å². The van der Waals surface area contributed by atoms with E-state index < -0.39 is 0 Å². The summed E-state index contributed by atoms with van der Waals surface area (Å²) in [5.41, 5.74) is 0.707. The molecule has 1 atom stereocenters. The number of likely N-dealkylation sites (tertiary alicyclic amines) is 1. The number of aromatic nitrogens is 5. The molecule has 0 radical (unpaired) electrons. The molecule has 1 aliphatic rings. The topological polar surface area (TPSA) is 88.8 Å². The van der Waals surface area contributed by atoms with Crippen LogP contribution in [0.2, 0.25) is 0 Å². The van der Waals surface area contributed by atoms with E-state index in [-0.39, 0.29) is 17.5 Å². The lowest BCUT2D eigenvalue weighted by Crippen LogP contribution is -2.39. The van der Waals surface area contributed by atoms with Crippen molar-refractivity contribution in [3.05, 3.63) is 40.3 Å². The summed E-state index contributed by atoms with van der Waals surface area (Å²) in [5, 5.41) is 10.7. The van der Waals surface area contributed by atoms with Crippen molar-refractivity contribution in [2.75, 3.05) is 13.1 Å². The van der Waals surface area contributed by atoms with Crippen LogP contribution in [-0.4, -0.2) is 48.4 Å². The number of carbonyl (C=O) groups excluding carboxylic acids is 1. The minimum atomic E-state index is -0.188. The summed E-state index contributed by atoms with van der Waals surface area (Å²) in [4.78, 5) is 26.0. The summed E-state index contributed by atoms with van der Waals surface area (Å²) in [5.74, 6) is 0.814. The summed E-state index contributed by atoms with van der Waals surface area (Å²) in [6, 6.07) is 0. The quantitative estimate of drug-likeness (QED) is 0.838. The van der Waals surface area contributed by atoms with E-state index in [2.05, 4.69) is 15.3 Å². The number of aromatic amines is 1. The number of amides is 1. The van der Waals surface area contributed by atoms with Crippen molar-refractivity contribution < 1.29 is 4.79 Å². The van der Waals surface area contributed by atoms with Crippen LogP contribution < -0.4 is 5.69 Å². The molecule has 0 aliphatic carbocycles. The second-order valence-corrected chi connectivity index (χ2v) is 6.04. The second-order valence-electron chi connectivity index (χ2n) is 6.04. The molecule has 2 aromatic rings. The van der Waals surface area contributed by atoms with Crippen molar-refractivity contribution in [2.45, 2.75) is 32.2 Å². The molecular weight excluding hydrogens is 308 g/mol. The van der Waals surface area contributed by atoms with Crippen molar-refractivity contribution in [3.8, 4) is 0 Å². The van der Waals surface area contributed by atoms with Crippen LogP contribution in [0.1, 0.15) is 37.1 Å². The van der Waals surface area contributed by atoms with Crippen LogP contribution in [0.25, 0.3) is 6.08 Å². The van der Waals surface area contributed by atoms with Crippen LogP contribution in [-0.2, 0) is 18.4 Å². The van der Waals surface area contributed by atoms with Gasteiger partial charge in [0.25, 0.3) is 0 Å². The molecule has 1 saturated heterocycles. The lowest BCUT2D eigenvalue weighted by molar-refractivity contribution is -0.127. The molecule has 2 aromatic heterocycles. The van der Waals surface area contributed by atoms with Crippen molar-refractivity contribution in [1.29, 1.82) is 0 Å². The van der Waals surface area contributed by atoms with Gasteiger partial charge in [-0.3, -0.25) is 14.0 Å². The maximum atomic E-state index is 12.4. The Bertz CT molecular complexity index is 800. The van der Waals surface area contributed by atoms with Crippen molar-refractivity contribution in [1.82, 2.24) is 29.4 Å². The standard InChI is InChI=1S/C16H22N6O2/c1-3-22-15(18-19-16(22)24)13-5-4-8-21(11-13)14(23)7-6-12-9-17-20(2)10-12/h6-7,9-10,13H,3-5,8,11H2,1-2H3,(H,19,24)/b7-6+/t13-/m0/s1. The van der Waals surface area contributed by atoms with E-state index in [0.717, 1.165) is 30.8 Å². The highest BCUT2D eigenvalue weighted by molar-refractivity contribution is 5.91. The molecule has 0 bridgehead atoms. The van der Waals surface area contributed by atoms with Gasteiger partial charge in [-0.1, -0.05) is 0 Å². The first kappa shape index (κ1) is 16.2. The Morgan fingerprint density at radius 2 is 2.33 bits per heavy atom. The van der Waals surface area contributed by atoms with Crippen molar-refractivity contribution in [2.24, 2.45) is 7.05 Å². The van der Waals surface area contributed by atoms with E-state index in [9.17, 15) is 9.59 Å². The summed E-state index contributed by atoms with van der Waals surface area (Å²) >= 11 is 0. The Morgan fingerprint density at radius 3 is 3.04 bits per heavy atom. The molecule has 0 aromatic carbocycles. The van der Waals surface area contributed by atoms with Crippen LogP contribution in [0.5, 0.6) is 0 Å². The number of rotatable bonds is 4. The van der Waals surface area contributed by atoms with Crippen LogP contribution in [0.3, 0.4) is 0 Å². The molecule has 1 N–H and O–H groups in total. The lowest BCUT2D eigenvalue weighted by Gasteiger charge is -2.31. The average molecular weight is 330 g/mol. The van der Waals surface area contributed by atoms with E-state index >= 15 is 0 Å². The molecule has 24 heavy (non-hydrogen) atoms. The van der Waals surface area contributed by atoms with Gasteiger partial charge in [0.2, 0.25) is 5.91 Å². The van der Waals surface area contributed by atoms with Crippen LogP contribution >= 0.6 is 0 Å². The third-order valence-electron chi connectivity index (χ3n) is 4.35. The van der Waals surface area contributed by atoms with Gasteiger partial charge in [-0.15, -0.1) is 0 Å². The largest absolute Gasteiger partial charge is 0.343 e. The number of carbonyl (C=O) groups is 1. The van der Waals surface area contributed by atoms with Gasteiger partial charge in [-0.25, -0.2) is 9.89 Å². The predicted molar refractivity (Wildman–Crippen MR) is 89.3 cm³/mol. The van der Waals surface area contributed by atoms with Gasteiger partial charge < -0.3 is 4.90 Å². The molecule has 8 heteroatoms. The third kappa shape index (κ3) is 3.32. The Kier molecular flexibility index (Phi) is 4.64. The van der Waals surface area contributed by atoms with Crippen LogP contribution in [0.4, 0.5) is 0 Å². The lowest BCUT2D eigenvalue weighted by atomic mass is 9.97. The monoisotopic (exact) mass is 330 g/mol. The molecule has 3 rings (SSSR count). The minimum Gasteiger partial charge on any atom is -0.338 e. The first-order valence-electron chi connectivity index (χ1n) is 8.19. The van der Waals surface area contributed by atoms with Gasteiger partial charge in [-0.05, 0) is 25.8 Å². The molecule has 1 amide bonds. The molecular formula is C16H22N6O2. The first-order valence-corrected chi connectivity index (χ1v) is 8.19. The van der Waals surface area contributed by atoms with Gasteiger partial charge in [0, 0.05) is 50.4 Å². The van der Waals surface area contributed by atoms with Gasteiger partial charge in [0.1, 0.15) is 5.82 Å². The first-order chi connectivity index (χ1) is 11.6. The van der Waals surface area contributed by atoms with Crippen LogP contribution in [0.15, 0.2) is 23.3 Å². The summed E-state index contributed by atoms with van der Waals surface area (Å²) in [6.07, 6.45) is 8.76. The van der Waals surface area contributed by atoms with E-state index in [1.54, 1.807) is 27.6 Å². The zero-order chi connectivity index (χ0) is 17.1. The third-order valence-corrected chi connectivity index (χ3v) is 4.35. The van der Waals surface area contributed by atoms with Crippen molar-refractivity contribution >= 4 is 12.0 Å². The van der Waals surface area contributed by atoms with Crippen molar-refractivity contribution in [3.63, 3.8) is 0 Å². The van der Waals surface area contributed by atoms with E-state index in [1.807, 2.05) is 25.1 Å². The maximum Gasteiger partial charge on any atom is 0.343 e. The number of hydrogen-bond donors (Lipinski definition) is 1. The zero-order valence-corrected chi connectivity index (χ0v) is 14.0. The number of piperidine rings is 1. The molecule has 1 aliphatic heterocycles. The highest BCUT2D eigenvalue weighted by Crippen LogP contribution is 2.25. The highest BCUT2D eigenvalue weighted by Gasteiger charge is 2.27. The Labute approximate surface area is 139 Å². The minimum absolute atomic E-state index is 0.0236. The molecule has 0 unspecified atom stereocenters. The summed E-state index contributed by atoms with van der Waals surface area (Å²) in [6.45, 7) is 3.81. The second kappa shape index (κ2) is 6.86. The SMILES string of the molecule is CCn1c([C@H]2CCCN(C(=O)/C=C/c3cnn(C)c3)C2)n[nH]c1=O. The fourth-order valence-electron chi connectivity index (χ4n) is 3.13. The fourth-order valence-corrected chi connectivity index (χ4v) is 3.13. The molecule has 1 fully saturated rings. The predicted octanol–water partition coefficient (Wildman–Crippen LogP) is 0.744. The number of aryl methyl sites for hydroxylation is 1. The van der Waals surface area contributed by atoms with E-state index in [0.29, 0.717) is 13.1 Å². The van der Waals surface area contributed by atoms with Gasteiger partial charge in [0.15, 0.2) is 0 Å². The van der Waals surface area contributed by atoms with E-state index in [4.69, 9.17) is 0 Å². The smallest absolute Gasteiger partial charge is 0.338 e. The number of nitrogens with one attached hydrogen (secondary N) is 1. The summed E-state index contributed by atoms with van der Waals surface area (Å²) < 4.78 is 3.34. The molecule has 8 nitrogen and oxygen atoms in total. The summed E-state index contributed by atoms with van der Waals surface area (Å²) in [7, 11) is 1.84. The average Bonchev–Trinajstić information content (AvgIpc) is 3.18. The van der Waals surface area contributed by atoms with Gasteiger partial charge in [0.05, 0.1) is 6.20 Å². The maximum absolute atomic E-state index is 12.4. The molecule has 128 valence electrons. The molecule has 0 saturated carbocycles. The normalized spacial score (nSPS) is 18.4. The van der Waals surface area contributed by atoms with Crippen LogP contribution in [0, 0.1) is 0 Å². The molecule has 0 spiro atoms. The fraction of sp³-hybridized carbons (Fsp3) is 0.500. The number of hydrogen-bond acceptors (Lipinski definition) is 4. The van der Waals surface area contributed by atoms with Gasteiger partial charge in [-0.2, -0.15) is 10.2 Å². The molecule has 3 heterocycles. The number of H-pyrrole nitrogens is 1. The highest BCUT2D eigenvalue weighted by atomic mass is 16.2. The Hall–Kier alpha value is -2.64. The zero-order valence-electron chi connectivity index (χ0n) is 14.0. The number of nitrogens with zero attached hydrogens (tertiary/aromatic N) is 5. The van der Waals surface area contributed by atoms with Gasteiger partial charge >= 0.3 is 5.69 Å².